The standard InChI is InChI=1S/C25H20FNO/c1-18-7-2-5-12-24(18)27-16-23-22-11-4-3-9-20(22)13-14-25(23)28-17-19-8-6-10-21(26)15-19/h2-16H,17H2,1H3. The summed E-state index contributed by atoms with van der Waals surface area (Å²) in [6, 6.07) is 26.6. The minimum Gasteiger partial charge on any atom is -0.488 e. The van der Waals surface area contributed by atoms with Gasteiger partial charge >= 0.3 is 0 Å². The molecule has 0 spiro atoms. The highest BCUT2D eigenvalue weighted by Gasteiger charge is 2.08. The Kier molecular flexibility index (Phi) is 5.16. The molecule has 0 atom stereocenters. The second-order valence-corrected chi connectivity index (χ2v) is 6.66. The van der Waals surface area contributed by atoms with Gasteiger partial charge in [0.05, 0.1) is 5.69 Å². The number of hydrogen-bond donors (Lipinski definition) is 0. The number of benzene rings is 4. The van der Waals surface area contributed by atoms with E-state index in [0.717, 1.165) is 38.9 Å². The molecule has 0 aliphatic heterocycles. The van der Waals surface area contributed by atoms with Crippen LogP contribution in [0.25, 0.3) is 10.8 Å². The quantitative estimate of drug-likeness (QED) is 0.362. The molecule has 0 aliphatic carbocycles. The van der Waals surface area contributed by atoms with E-state index >= 15 is 0 Å². The largest absolute Gasteiger partial charge is 0.488 e. The highest BCUT2D eigenvalue weighted by Crippen LogP contribution is 2.28. The number of aryl methyl sites for hydroxylation is 1. The van der Waals surface area contributed by atoms with Crippen LogP contribution in [0.4, 0.5) is 10.1 Å². The molecule has 0 saturated heterocycles. The molecule has 0 N–H and O–H groups in total. The first-order chi connectivity index (χ1) is 13.7. The van der Waals surface area contributed by atoms with E-state index < -0.39 is 0 Å². The van der Waals surface area contributed by atoms with Crippen LogP contribution in [0, 0.1) is 12.7 Å². The molecule has 0 aliphatic rings. The summed E-state index contributed by atoms with van der Waals surface area (Å²) in [6.07, 6.45) is 1.85. The third kappa shape index (κ3) is 3.94. The predicted octanol–water partition coefficient (Wildman–Crippen LogP) is 6.62. The number of para-hydroxylation sites is 1. The fourth-order valence-electron chi connectivity index (χ4n) is 3.16. The number of aliphatic imine (C=N–C) groups is 1. The van der Waals surface area contributed by atoms with Gasteiger partial charge in [-0.15, -0.1) is 0 Å². The molecule has 0 radical (unpaired) electrons. The molecule has 0 fully saturated rings. The van der Waals surface area contributed by atoms with Crippen LogP contribution in [-0.4, -0.2) is 6.21 Å². The first-order valence-electron chi connectivity index (χ1n) is 9.19. The number of ether oxygens (including phenoxy) is 1. The zero-order valence-corrected chi connectivity index (χ0v) is 15.6. The fourth-order valence-corrected chi connectivity index (χ4v) is 3.16. The fraction of sp³-hybridized carbons (Fsp3) is 0.0800. The molecule has 4 rings (SSSR count). The smallest absolute Gasteiger partial charge is 0.129 e. The van der Waals surface area contributed by atoms with Gasteiger partial charge in [0.25, 0.3) is 0 Å². The van der Waals surface area contributed by atoms with Crippen molar-refractivity contribution in [3.63, 3.8) is 0 Å². The molecule has 4 aromatic rings. The van der Waals surface area contributed by atoms with E-state index in [2.05, 4.69) is 12.1 Å². The molecule has 28 heavy (non-hydrogen) atoms. The Morgan fingerprint density at radius 2 is 1.71 bits per heavy atom. The maximum absolute atomic E-state index is 13.5. The molecule has 0 amide bonds. The lowest BCUT2D eigenvalue weighted by Gasteiger charge is -2.12. The van der Waals surface area contributed by atoms with Crippen LogP contribution in [0.5, 0.6) is 5.75 Å². The average molecular weight is 369 g/mol. The van der Waals surface area contributed by atoms with Crippen LogP contribution in [-0.2, 0) is 6.61 Å². The molecule has 3 heteroatoms. The summed E-state index contributed by atoms with van der Waals surface area (Å²) in [5.74, 6) is 0.459. The molecule has 0 bridgehead atoms. The van der Waals surface area contributed by atoms with Crippen molar-refractivity contribution in [1.82, 2.24) is 0 Å². The van der Waals surface area contributed by atoms with Crippen molar-refractivity contribution in [2.24, 2.45) is 4.99 Å². The molecule has 0 heterocycles. The summed E-state index contributed by atoms with van der Waals surface area (Å²) in [5, 5.41) is 2.18. The maximum atomic E-state index is 13.5. The summed E-state index contributed by atoms with van der Waals surface area (Å²) in [4.78, 5) is 4.69. The van der Waals surface area contributed by atoms with E-state index in [-0.39, 0.29) is 5.82 Å². The number of fused-ring (bicyclic) bond motifs is 1. The number of halogens is 1. The SMILES string of the molecule is Cc1ccccc1N=Cc1c(OCc2cccc(F)c2)ccc2ccccc12. The van der Waals surface area contributed by atoms with Gasteiger partial charge in [0.1, 0.15) is 18.2 Å². The van der Waals surface area contributed by atoms with Crippen molar-refractivity contribution >= 4 is 22.7 Å². The van der Waals surface area contributed by atoms with E-state index in [4.69, 9.17) is 9.73 Å². The highest BCUT2D eigenvalue weighted by atomic mass is 19.1. The number of rotatable bonds is 5. The summed E-state index contributed by atoms with van der Waals surface area (Å²) >= 11 is 0. The minimum atomic E-state index is -0.263. The van der Waals surface area contributed by atoms with Crippen LogP contribution in [0.3, 0.4) is 0 Å². The molecule has 0 saturated carbocycles. The molecule has 2 nitrogen and oxygen atoms in total. The van der Waals surface area contributed by atoms with E-state index in [1.807, 2.05) is 67.7 Å². The topological polar surface area (TPSA) is 21.6 Å². The Labute approximate surface area is 163 Å². The van der Waals surface area contributed by atoms with Gasteiger partial charge in [0.2, 0.25) is 0 Å². The zero-order valence-electron chi connectivity index (χ0n) is 15.6. The van der Waals surface area contributed by atoms with E-state index in [1.165, 1.54) is 12.1 Å². The normalized spacial score (nSPS) is 11.2. The number of nitrogens with zero attached hydrogens (tertiary/aromatic N) is 1. The average Bonchev–Trinajstić information content (AvgIpc) is 2.72. The Hall–Kier alpha value is -3.46. The van der Waals surface area contributed by atoms with Gasteiger partial charge in [-0.3, -0.25) is 4.99 Å². The molecule has 0 aromatic heterocycles. The summed E-state index contributed by atoms with van der Waals surface area (Å²) < 4.78 is 19.5. The van der Waals surface area contributed by atoms with Crippen molar-refractivity contribution in [1.29, 1.82) is 0 Å². The Balaban J connectivity index is 1.71. The predicted molar refractivity (Wildman–Crippen MR) is 113 cm³/mol. The van der Waals surface area contributed by atoms with Crippen LogP contribution in [0.2, 0.25) is 0 Å². The lowest BCUT2D eigenvalue weighted by molar-refractivity contribution is 0.305. The van der Waals surface area contributed by atoms with Gasteiger partial charge in [-0.1, -0.05) is 60.7 Å². The summed E-state index contributed by atoms with van der Waals surface area (Å²) in [7, 11) is 0. The molecule has 138 valence electrons. The molecule has 0 unspecified atom stereocenters. The molecule has 4 aromatic carbocycles. The van der Waals surface area contributed by atoms with Crippen LogP contribution >= 0.6 is 0 Å². The lowest BCUT2D eigenvalue weighted by Crippen LogP contribution is -1.99. The van der Waals surface area contributed by atoms with Crippen LogP contribution in [0.15, 0.2) is 89.9 Å². The van der Waals surface area contributed by atoms with Crippen molar-refractivity contribution in [3.8, 4) is 5.75 Å². The van der Waals surface area contributed by atoms with Crippen LogP contribution in [0.1, 0.15) is 16.7 Å². The second-order valence-electron chi connectivity index (χ2n) is 6.66. The zero-order chi connectivity index (χ0) is 19.3. The first kappa shape index (κ1) is 17.9. The van der Waals surface area contributed by atoms with Gasteiger partial charge in [0, 0.05) is 11.8 Å². The van der Waals surface area contributed by atoms with Crippen molar-refractivity contribution in [2.75, 3.05) is 0 Å². The van der Waals surface area contributed by atoms with E-state index in [1.54, 1.807) is 6.07 Å². The van der Waals surface area contributed by atoms with Gasteiger partial charge in [-0.05, 0) is 53.1 Å². The van der Waals surface area contributed by atoms with Crippen molar-refractivity contribution in [2.45, 2.75) is 13.5 Å². The lowest BCUT2D eigenvalue weighted by atomic mass is 10.0. The molecular weight excluding hydrogens is 349 g/mol. The monoisotopic (exact) mass is 369 g/mol. The molecular formula is C25H20FNO. The first-order valence-corrected chi connectivity index (χ1v) is 9.19. The number of hydrogen-bond acceptors (Lipinski definition) is 2. The van der Waals surface area contributed by atoms with E-state index in [9.17, 15) is 4.39 Å². The highest BCUT2D eigenvalue weighted by molar-refractivity contribution is 6.03. The van der Waals surface area contributed by atoms with E-state index in [0.29, 0.717) is 6.61 Å². The Morgan fingerprint density at radius 1 is 0.893 bits per heavy atom. The van der Waals surface area contributed by atoms with Crippen LogP contribution < -0.4 is 4.74 Å². The minimum absolute atomic E-state index is 0.263. The maximum Gasteiger partial charge on any atom is 0.129 e. The summed E-state index contributed by atoms with van der Waals surface area (Å²) in [6.45, 7) is 2.33. The van der Waals surface area contributed by atoms with Crippen molar-refractivity contribution < 1.29 is 9.13 Å². The van der Waals surface area contributed by atoms with Gasteiger partial charge in [-0.25, -0.2) is 4.39 Å². The third-order valence-electron chi connectivity index (χ3n) is 4.66. The van der Waals surface area contributed by atoms with Crippen molar-refractivity contribution in [3.05, 3.63) is 107 Å². The third-order valence-corrected chi connectivity index (χ3v) is 4.66. The second kappa shape index (κ2) is 8.05. The van der Waals surface area contributed by atoms with Gasteiger partial charge < -0.3 is 4.74 Å². The van der Waals surface area contributed by atoms with Gasteiger partial charge in [0.15, 0.2) is 0 Å². The van der Waals surface area contributed by atoms with Gasteiger partial charge in [-0.2, -0.15) is 0 Å². The summed E-state index contributed by atoms with van der Waals surface area (Å²) in [5.41, 5.74) is 3.74. The Bertz CT molecular complexity index is 1150. The Morgan fingerprint density at radius 3 is 2.57 bits per heavy atom.